The largest absolute Gasteiger partial charge is 0.482 e. The molecule has 1 aliphatic rings. The first-order chi connectivity index (χ1) is 17.0. The van der Waals surface area contributed by atoms with Crippen molar-refractivity contribution in [3.8, 4) is 17.0 Å². The van der Waals surface area contributed by atoms with Gasteiger partial charge in [0.05, 0.1) is 17.0 Å². The molecule has 1 atom stereocenters. The maximum Gasteiger partial charge on any atom is 0.416 e. The molecule has 1 saturated carbocycles. The van der Waals surface area contributed by atoms with E-state index in [0.717, 1.165) is 36.2 Å². The summed E-state index contributed by atoms with van der Waals surface area (Å²) in [7, 11) is -1.48. The van der Waals surface area contributed by atoms with E-state index in [0.29, 0.717) is 22.3 Å². The molecule has 1 aromatic heterocycles. The number of carboxylic acid groups (broad SMARTS) is 1. The minimum Gasteiger partial charge on any atom is -0.482 e. The van der Waals surface area contributed by atoms with Gasteiger partial charge in [0.2, 0.25) is 0 Å². The molecule has 8 heteroatoms. The van der Waals surface area contributed by atoms with Crippen molar-refractivity contribution in [1.82, 2.24) is 4.98 Å². The van der Waals surface area contributed by atoms with Crippen LogP contribution in [0.4, 0.5) is 13.2 Å². The van der Waals surface area contributed by atoms with Crippen LogP contribution in [0.3, 0.4) is 0 Å². The number of carboxylic acids is 1. The van der Waals surface area contributed by atoms with Crippen molar-refractivity contribution in [1.29, 1.82) is 0 Å². The van der Waals surface area contributed by atoms with Crippen LogP contribution in [-0.2, 0) is 11.0 Å². The van der Waals surface area contributed by atoms with Crippen LogP contribution in [0, 0.1) is 13.8 Å². The maximum absolute atomic E-state index is 13.0. The Labute approximate surface area is 210 Å². The van der Waals surface area contributed by atoms with Gasteiger partial charge >= 0.3 is 12.1 Å². The normalized spacial score (nSPS) is 16.9. The van der Waals surface area contributed by atoms with E-state index in [2.05, 4.69) is 18.4 Å². The summed E-state index contributed by atoms with van der Waals surface area (Å²) in [4.78, 5) is 18.1. The van der Waals surface area contributed by atoms with E-state index < -0.39 is 27.7 Å². The molecule has 1 unspecified atom stereocenters. The first kappa shape index (κ1) is 26.1. The van der Waals surface area contributed by atoms with Gasteiger partial charge in [-0.3, -0.25) is 4.98 Å². The SMILES string of the molecule is Cc1cc(S(C)(c2ccc(-c3ccc(C(F)(F)F)cc3)nc2C)C2CCCC2)ccc1OCC(=O)O. The first-order valence-corrected chi connectivity index (χ1v) is 14.0. The van der Waals surface area contributed by atoms with E-state index in [1.807, 2.05) is 32.0 Å². The van der Waals surface area contributed by atoms with Crippen LogP contribution in [0.15, 0.2) is 64.4 Å². The number of rotatable bonds is 7. The quantitative estimate of drug-likeness (QED) is 0.350. The molecular weight excluding hydrogens is 487 g/mol. The fourth-order valence-electron chi connectivity index (χ4n) is 5.03. The second-order valence-corrected chi connectivity index (χ2v) is 12.9. The summed E-state index contributed by atoms with van der Waals surface area (Å²) >= 11 is 0. The van der Waals surface area contributed by atoms with Gasteiger partial charge in [-0.2, -0.15) is 23.2 Å². The Hall–Kier alpha value is -3.00. The van der Waals surface area contributed by atoms with Crippen molar-refractivity contribution in [3.05, 3.63) is 71.4 Å². The van der Waals surface area contributed by atoms with Crippen molar-refractivity contribution < 1.29 is 27.8 Å². The standard InChI is InChI=1S/C28H30F3NO3S/c1-18-16-23(12-14-25(18)35-17-27(33)34)36(3,22-6-4-5-7-22)26-15-13-24(32-19(26)2)20-8-10-21(11-9-20)28(29,30)31/h8-16,22H,4-7,17H2,1-3H3,(H,33,34). The van der Waals surface area contributed by atoms with Gasteiger partial charge in [-0.25, -0.2) is 4.79 Å². The average Bonchev–Trinajstić information content (AvgIpc) is 3.38. The lowest BCUT2D eigenvalue weighted by molar-refractivity contribution is -0.139. The number of benzene rings is 2. The molecule has 2 aromatic carbocycles. The monoisotopic (exact) mass is 517 g/mol. The van der Waals surface area contributed by atoms with Crippen LogP contribution in [-0.4, -0.2) is 34.2 Å². The summed E-state index contributed by atoms with van der Waals surface area (Å²) in [6, 6.07) is 15.1. The topological polar surface area (TPSA) is 59.4 Å². The molecule has 1 aliphatic carbocycles. The second-order valence-electron chi connectivity index (χ2n) is 9.35. The lowest BCUT2D eigenvalue weighted by Crippen LogP contribution is -2.17. The van der Waals surface area contributed by atoms with E-state index in [4.69, 9.17) is 14.8 Å². The highest BCUT2D eigenvalue weighted by Gasteiger charge is 2.36. The van der Waals surface area contributed by atoms with E-state index in [1.54, 1.807) is 0 Å². The van der Waals surface area contributed by atoms with Crippen molar-refractivity contribution in [2.45, 2.75) is 60.7 Å². The number of halogens is 3. The molecule has 0 aliphatic heterocycles. The van der Waals surface area contributed by atoms with Crippen LogP contribution in [0.1, 0.15) is 42.5 Å². The van der Waals surface area contributed by atoms with Crippen molar-refractivity contribution in [2.75, 3.05) is 12.9 Å². The van der Waals surface area contributed by atoms with Gasteiger partial charge in [0.1, 0.15) is 5.75 Å². The molecule has 3 aromatic rings. The molecule has 36 heavy (non-hydrogen) atoms. The number of nitrogens with zero attached hydrogens (tertiary/aromatic N) is 1. The highest BCUT2D eigenvalue weighted by Crippen LogP contribution is 2.67. The smallest absolute Gasteiger partial charge is 0.416 e. The molecule has 4 rings (SSSR count). The summed E-state index contributed by atoms with van der Waals surface area (Å²) in [5.41, 5.74) is 2.37. The summed E-state index contributed by atoms with van der Waals surface area (Å²) in [6.45, 7) is 3.51. The molecule has 1 fully saturated rings. The molecule has 0 bridgehead atoms. The van der Waals surface area contributed by atoms with Gasteiger partial charge in [-0.05, 0) is 91.1 Å². The number of alkyl halides is 3. The van der Waals surface area contributed by atoms with Crippen LogP contribution in [0.5, 0.6) is 5.75 Å². The Kier molecular flexibility index (Phi) is 7.36. The van der Waals surface area contributed by atoms with Crippen LogP contribution in [0.25, 0.3) is 11.3 Å². The Balaban J connectivity index is 1.72. The second kappa shape index (κ2) is 10.2. The zero-order chi connectivity index (χ0) is 26.1. The third-order valence-corrected chi connectivity index (χ3v) is 11.3. The van der Waals surface area contributed by atoms with Crippen LogP contribution < -0.4 is 4.74 Å². The fourth-order valence-corrected chi connectivity index (χ4v) is 9.09. The number of hydrogen-bond donors (Lipinski definition) is 1. The zero-order valence-corrected chi connectivity index (χ0v) is 21.4. The molecule has 0 amide bonds. The van der Waals surface area contributed by atoms with Gasteiger partial charge in [0.25, 0.3) is 0 Å². The van der Waals surface area contributed by atoms with Crippen LogP contribution >= 0.6 is 10.0 Å². The zero-order valence-electron chi connectivity index (χ0n) is 20.6. The Morgan fingerprint density at radius 1 is 1.06 bits per heavy atom. The van der Waals surface area contributed by atoms with Crippen LogP contribution in [0.2, 0.25) is 0 Å². The van der Waals surface area contributed by atoms with E-state index in [-0.39, 0.29) is 6.61 Å². The average molecular weight is 518 g/mol. The van der Waals surface area contributed by atoms with Crippen molar-refractivity contribution in [3.63, 3.8) is 0 Å². The number of ether oxygens (including phenoxy) is 1. The number of aliphatic carboxylic acids is 1. The number of aromatic nitrogens is 1. The molecule has 0 spiro atoms. The van der Waals surface area contributed by atoms with Gasteiger partial charge in [-0.1, -0.05) is 25.0 Å². The maximum atomic E-state index is 13.0. The third-order valence-electron chi connectivity index (χ3n) is 6.96. The summed E-state index contributed by atoms with van der Waals surface area (Å²) in [5, 5.41) is 9.43. The van der Waals surface area contributed by atoms with E-state index in [1.165, 1.54) is 34.8 Å². The lowest BCUT2D eigenvalue weighted by atomic mass is 10.1. The Morgan fingerprint density at radius 2 is 1.72 bits per heavy atom. The van der Waals surface area contributed by atoms with Gasteiger partial charge in [0, 0.05) is 10.5 Å². The summed E-state index contributed by atoms with van der Waals surface area (Å²) < 4.78 is 44.3. The summed E-state index contributed by atoms with van der Waals surface area (Å²) in [6.07, 6.45) is 2.57. The third kappa shape index (κ3) is 5.24. The van der Waals surface area contributed by atoms with E-state index in [9.17, 15) is 18.0 Å². The summed E-state index contributed by atoms with van der Waals surface area (Å²) in [5.74, 6) is -0.462. The van der Waals surface area contributed by atoms with Gasteiger partial charge < -0.3 is 9.84 Å². The molecule has 1 N–H and O–H groups in total. The minimum absolute atomic E-state index is 0.388. The van der Waals surface area contributed by atoms with E-state index >= 15 is 0 Å². The molecule has 1 heterocycles. The Morgan fingerprint density at radius 3 is 2.28 bits per heavy atom. The number of hydrogen-bond acceptors (Lipinski definition) is 3. The minimum atomic E-state index is -4.37. The van der Waals surface area contributed by atoms with Gasteiger partial charge in [0.15, 0.2) is 6.61 Å². The molecule has 0 radical (unpaired) electrons. The molecular formula is C28H30F3NO3S. The molecule has 4 nitrogen and oxygen atoms in total. The highest BCUT2D eigenvalue weighted by molar-refractivity contribution is 8.33. The predicted molar refractivity (Wildman–Crippen MR) is 136 cm³/mol. The van der Waals surface area contributed by atoms with Crippen molar-refractivity contribution >= 4 is 16.0 Å². The fraction of sp³-hybridized carbons (Fsp3) is 0.357. The first-order valence-electron chi connectivity index (χ1n) is 11.9. The molecule has 192 valence electrons. The number of carbonyl (C=O) groups is 1. The van der Waals surface area contributed by atoms with Gasteiger partial charge in [-0.15, -0.1) is 0 Å². The molecule has 0 saturated heterocycles. The van der Waals surface area contributed by atoms with Crippen molar-refractivity contribution in [2.24, 2.45) is 0 Å². The highest BCUT2D eigenvalue weighted by atomic mass is 32.3. The predicted octanol–water partition coefficient (Wildman–Crippen LogP) is 7.64. The number of pyridine rings is 1. The lowest BCUT2D eigenvalue weighted by Gasteiger charge is -2.43. The Bertz CT molecular complexity index is 1250. The number of aryl methyl sites for hydroxylation is 2.